The van der Waals surface area contributed by atoms with Crippen LogP contribution in [0.1, 0.15) is 41.0 Å². The maximum absolute atomic E-state index is 12.7. The van der Waals surface area contributed by atoms with Gasteiger partial charge in [0.1, 0.15) is 16.1 Å². The Morgan fingerprint density at radius 3 is 2.62 bits per heavy atom. The number of nitrogens with two attached hydrogens (primary N) is 1. The molecule has 0 saturated heterocycles. The molecule has 3 rings (SSSR count). The van der Waals surface area contributed by atoms with E-state index < -0.39 is 20.1 Å². The maximum atomic E-state index is 12.7. The molecule has 3 heterocycles. The summed E-state index contributed by atoms with van der Waals surface area (Å²) in [6, 6.07) is 4.88. The quantitative estimate of drug-likeness (QED) is 0.705. The molecule has 29 heavy (non-hydrogen) atoms. The summed E-state index contributed by atoms with van der Waals surface area (Å²) >= 11 is 13.5. The van der Waals surface area contributed by atoms with Crippen LogP contribution >= 0.6 is 34.5 Å². The van der Waals surface area contributed by atoms with Crippen LogP contribution in [0.3, 0.4) is 0 Å². The van der Waals surface area contributed by atoms with Crippen LogP contribution in [-0.2, 0) is 21.9 Å². The Labute approximate surface area is 183 Å². The molecule has 1 amide bonds. The summed E-state index contributed by atoms with van der Waals surface area (Å²) < 4.78 is 24.2. The summed E-state index contributed by atoms with van der Waals surface area (Å²) in [7, 11) is -3.58. The third kappa shape index (κ3) is 4.01. The normalized spacial score (nSPS) is 22.7. The van der Waals surface area contributed by atoms with Crippen molar-refractivity contribution in [3.05, 3.63) is 49.9 Å². The van der Waals surface area contributed by atoms with Crippen LogP contribution < -0.4 is 11.1 Å². The van der Waals surface area contributed by atoms with E-state index in [1.165, 1.54) is 19.9 Å². The summed E-state index contributed by atoms with van der Waals surface area (Å²) in [5, 5.41) is 3.45. The number of sulfone groups is 1. The van der Waals surface area contributed by atoms with Crippen molar-refractivity contribution in [3.63, 3.8) is 0 Å². The number of rotatable bonds is 4. The third-order valence-corrected chi connectivity index (χ3v) is 9.73. The van der Waals surface area contributed by atoms with Gasteiger partial charge in [0.05, 0.1) is 37.8 Å². The Morgan fingerprint density at radius 2 is 2.00 bits per heavy atom. The zero-order valence-electron chi connectivity index (χ0n) is 16.0. The number of nitrogens with zero attached hydrogens (tertiary/aromatic N) is 2. The fourth-order valence-corrected chi connectivity index (χ4v) is 6.41. The van der Waals surface area contributed by atoms with E-state index in [0.29, 0.717) is 20.5 Å². The number of carbonyl (C=O) groups excluding carboxylic acids is 1. The van der Waals surface area contributed by atoms with Gasteiger partial charge in [-0.2, -0.15) is 0 Å². The summed E-state index contributed by atoms with van der Waals surface area (Å²) in [6.07, 6.45) is 1.59. The van der Waals surface area contributed by atoms with Crippen LogP contribution in [0.2, 0.25) is 10.0 Å². The lowest BCUT2D eigenvalue weighted by Crippen LogP contribution is -2.54. The van der Waals surface area contributed by atoms with Crippen LogP contribution in [-0.4, -0.2) is 35.6 Å². The van der Waals surface area contributed by atoms with Gasteiger partial charge in [-0.15, -0.1) is 11.3 Å². The van der Waals surface area contributed by atoms with Gasteiger partial charge in [-0.25, -0.2) is 8.42 Å². The predicted octanol–water partition coefficient (Wildman–Crippen LogP) is 3.16. The van der Waals surface area contributed by atoms with E-state index in [2.05, 4.69) is 15.3 Å². The van der Waals surface area contributed by atoms with Crippen molar-refractivity contribution >= 4 is 56.1 Å². The number of amides is 1. The monoisotopic (exact) mass is 474 g/mol. The molecule has 0 bridgehead atoms. The average molecular weight is 475 g/mol. The smallest absolute Gasteiger partial charge is 0.261 e. The predicted molar refractivity (Wildman–Crippen MR) is 117 cm³/mol. The van der Waals surface area contributed by atoms with E-state index >= 15 is 0 Å². The van der Waals surface area contributed by atoms with Gasteiger partial charge in [-0.1, -0.05) is 23.2 Å². The number of aromatic nitrogens is 1. The molecule has 156 valence electrons. The van der Waals surface area contributed by atoms with Crippen LogP contribution in [0.4, 0.5) is 0 Å². The number of nitrogens with one attached hydrogen (secondary N) is 1. The largest absolute Gasteiger partial charge is 0.386 e. The van der Waals surface area contributed by atoms with Crippen LogP contribution in [0.5, 0.6) is 0 Å². The maximum Gasteiger partial charge on any atom is 0.261 e. The van der Waals surface area contributed by atoms with E-state index in [4.69, 9.17) is 28.9 Å². The van der Waals surface area contributed by atoms with Crippen LogP contribution in [0.25, 0.3) is 0 Å². The van der Waals surface area contributed by atoms with Gasteiger partial charge in [-0.05, 0) is 39.0 Å². The first kappa shape index (κ1) is 22.0. The lowest BCUT2D eigenvalue weighted by atomic mass is 10.0. The molecule has 0 spiro atoms. The highest BCUT2D eigenvalue weighted by Gasteiger charge is 2.50. The minimum absolute atomic E-state index is 0.0199. The van der Waals surface area contributed by atoms with Gasteiger partial charge in [-0.3, -0.25) is 14.8 Å². The van der Waals surface area contributed by atoms with Crippen molar-refractivity contribution in [2.24, 2.45) is 10.7 Å². The molecule has 0 fully saturated rings. The molecule has 0 unspecified atom stereocenters. The van der Waals surface area contributed by atoms with Crippen molar-refractivity contribution in [2.75, 3.05) is 5.75 Å². The van der Waals surface area contributed by atoms with Gasteiger partial charge in [0.25, 0.3) is 5.91 Å². The number of amidine groups is 1. The average Bonchev–Trinajstić information content (AvgIpc) is 3.02. The molecule has 2 aromatic heterocycles. The number of hydrogen-bond acceptors (Lipinski definition) is 7. The van der Waals surface area contributed by atoms with Gasteiger partial charge in [0, 0.05) is 6.20 Å². The molecule has 0 radical (unpaired) electrons. The zero-order chi connectivity index (χ0) is 21.6. The summed E-state index contributed by atoms with van der Waals surface area (Å²) in [6.45, 7) is 4.85. The molecule has 0 aliphatic carbocycles. The fourth-order valence-electron chi connectivity index (χ4n) is 2.91. The Bertz CT molecular complexity index is 1110. The molecule has 1 aliphatic rings. The van der Waals surface area contributed by atoms with E-state index in [-0.39, 0.29) is 29.1 Å². The standard InChI is InChI=1S/C18H20Cl2N4O3S2/c1-17(2)16(21)24-18(3,9-29(17,26)27)14-11(20)7-13(28-14)15(25)23-8-12-10(19)5-4-6-22-12/h4-7H,8-9H2,1-3H3,(H2,21,24)(H,23,25)/t18-/m0/s1. The Morgan fingerprint density at radius 1 is 1.31 bits per heavy atom. The van der Waals surface area contributed by atoms with Crippen molar-refractivity contribution in [1.82, 2.24) is 10.3 Å². The van der Waals surface area contributed by atoms with E-state index in [9.17, 15) is 13.2 Å². The van der Waals surface area contributed by atoms with Crippen molar-refractivity contribution in [2.45, 2.75) is 37.6 Å². The number of pyridine rings is 1. The van der Waals surface area contributed by atoms with Crippen molar-refractivity contribution in [1.29, 1.82) is 0 Å². The highest BCUT2D eigenvalue weighted by Crippen LogP contribution is 2.43. The Balaban J connectivity index is 1.88. The lowest BCUT2D eigenvalue weighted by molar-refractivity contribution is 0.0954. The molecular weight excluding hydrogens is 455 g/mol. The van der Waals surface area contributed by atoms with Gasteiger partial charge in [0.2, 0.25) is 0 Å². The second kappa shape index (κ2) is 7.54. The summed E-state index contributed by atoms with van der Waals surface area (Å²) in [5.74, 6) is -0.602. The minimum atomic E-state index is -3.58. The second-order valence-electron chi connectivity index (χ2n) is 7.44. The lowest BCUT2D eigenvalue weighted by Gasteiger charge is -2.37. The fraction of sp³-hybridized carbons (Fsp3) is 0.389. The minimum Gasteiger partial charge on any atom is -0.386 e. The van der Waals surface area contributed by atoms with Gasteiger partial charge in [0.15, 0.2) is 9.84 Å². The highest BCUT2D eigenvalue weighted by atomic mass is 35.5. The third-order valence-electron chi connectivity index (χ3n) is 4.88. The first-order valence-corrected chi connectivity index (χ1v) is 11.9. The number of carbonyl (C=O) groups is 1. The second-order valence-corrected chi connectivity index (χ2v) is 11.8. The summed E-state index contributed by atoms with van der Waals surface area (Å²) in [4.78, 5) is 21.9. The number of hydrogen-bond donors (Lipinski definition) is 2. The Hall–Kier alpha value is -1.68. The van der Waals surface area contributed by atoms with E-state index in [0.717, 1.165) is 11.3 Å². The van der Waals surface area contributed by atoms with Crippen LogP contribution in [0, 0.1) is 0 Å². The molecule has 1 atom stereocenters. The number of thiophene rings is 1. The number of aliphatic imine (C=N–C) groups is 1. The Kier molecular flexibility index (Phi) is 5.72. The first-order chi connectivity index (χ1) is 13.4. The van der Waals surface area contributed by atoms with E-state index in [1.54, 1.807) is 25.3 Å². The van der Waals surface area contributed by atoms with Gasteiger partial charge < -0.3 is 11.1 Å². The first-order valence-electron chi connectivity index (χ1n) is 8.63. The topological polar surface area (TPSA) is 115 Å². The molecule has 3 N–H and O–H groups in total. The van der Waals surface area contributed by atoms with Crippen LogP contribution in [0.15, 0.2) is 29.4 Å². The van der Waals surface area contributed by atoms with Crippen molar-refractivity contribution in [3.8, 4) is 0 Å². The molecule has 0 saturated carbocycles. The molecular formula is C18H20Cl2N4O3S2. The van der Waals surface area contributed by atoms with Crippen molar-refractivity contribution < 1.29 is 13.2 Å². The SMILES string of the molecule is CC1(C)C(N)=N[C@](C)(c2sc(C(=O)NCc3ncccc3Cl)cc2Cl)CS1(=O)=O. The molecule has 7 nitrogen and oxygen atoms in total. The molecule has 1 aliphatic heterocycles. The highest BCUT2D eigenvalue weighted by molar-refractivity contribution is 7.93. The molecule has 2 aromatic rings. The molecule has 0 aromatic carbocycles. The van der Waals surface area contributed by atoms with Gasteiger partial charge >= 0.3 is 0 Å². The summed E-state index contributed by atoms with van der Waals surface area (Å²) in [5.41, 5.74) is 5.35. The molecule has 11 heteroatoms. The zero-order valence-corrected chi connectivity index (χ0v) is 19.1. The van der Waals surface area contributed by atoms with E-state index in [1.807, 2.05) is 0 Å². The number of halogens is 2.